The number of benzene rings is 1. The average Bonchev–Trinajstić information content (AvgIpc) is 2.55. The lowest BCUT2D eigenvalue weighted by Crippen LogP contribution is -2.49. The van der Waals surface area contributed by atoms with Crippen molar-refractivity contribution in [3.8, 4) is 0 Å². The van der Waals surface area contributed by atoms with E-state index in [0.717, 1.165) is 24.9 Å². The summed E-state index contributed by atoms with van der Waals surface area (Å²) in [7, 11) is 0. The van der Waals surface area contributed by atoms with Crippen LogP contribution in [0.1, 0.15) is 33.1 Å². The highest BCUT2D eigenvalue weighted by molar-refractivity contribution is 6.30. The van der Waals surface area contributed by atoms with Crippen LogP contribution in [0.5, 0.6) is 0 Å². The molecule has 1 aliphatic rings. The molecule has 0 bridgehead atoms. The third kappa shape index (κ3) is 2.61. The molecule has 18 heavy (non-hydrogen) atoms. The quantitative estimate of drug-likeness (QED) is 0.883. The monoisotopic (exact) mass is 266 g/mol. The first-order valence-electron chi connectivity index (χ1n) is 6.17. The third-order valence-electron chi connectivity index (χ3n) is 3.69. The van der Waals surface area contributed by atoms with Crippen molar-refractivity contribution in [3.05, 3.63) is 29.3 Å². The number of amides is 1. The second-order valence-electron chi connectivity index (χ2n) is 5.92. The predicted molar refractivity (Wildman–Crippen MR) is 74.6 cm³/mol. The third-order valence-corrected chi connectivity index (χ3v) is 3.92. The van der Waals surface area contributed by atoms with Crippen LogP contribution >= 0.6 is 11.6 Å². The van der Waals surface area contributed by atoms with Crippen LogP contribution in [0.2, 0.25) is 5.02 Å². The van der Waals surface area contributed by atoms with Crippen molar-refractivity contribution >= 4 is 23.2 Å². The van der Waals surface area contributed by atoms with Crippen LogP contribution in [0.3, 0.4) is 0 Å². The molecule has 0 radical (unpaired) electrons. The number of anilines is 1. The van der Waals surface area contributed by atoms with Gasteiger partial charge in [0.1, 0.15) is 5.54 Å². The zero-order valence-corrected chi connectivity index (χ0v) is 11.6. The Labute approximate surface area is 113 Å². The second kappa shape index (κ2) is 4.47. The molecule has 0 spiro atoms. The maximum atomic E-state index is 11.8. The van der Waals surface area contributed by atoms with Gasteiger partial charge < -0.3 is 11.1 Å². The standard InChI is InChI=1S/C14H19ClN2O/c1-13(2)6-7-14(9-13,12(16)18)17-11-5-3-4-10(15)8-11/h3-5,8,17H,6-7,9H2,1-2H3,(H2,16,18). The summed E-state index contributed by atoms with van der Waals surface area (Å²) in [4.78, 5) is 11.8. The highest BCUT2D eigenvalue weighted by Crippen LogP contribution is 2.45. The maximum absolute atomic E-state index is 11.8. The van der Waals surface area contributed by atoms with Gasteiger partial charge in [0.15, 0.2) is 0 Å². The largest absolute Gasteiger partial charge is 0.371 e. The van der Waals surface area contributed by atoms with Crippen molar-refractivity contribution in [1.29, 1.82) is 0 Å². The maximum Gasteiger partial charge on any atom is 0.243 e. The minimum Gasteiger partial charge on any atom is -0.371 e. The van der Waals surface area contributed by atoms with Gasteiger partial charge in [-0.2, -0.15) is 0 Å². The van der Waals surface area contributed by atoms with Gasteiger partial charge in [0.05, 0.1) is 0 Å². The van der Waals surface area contributed by atoms with Gasteiger partial charge in [0.25, 0.3) is 0 Å². The van der Waals surface area contributed by atoms with E-state index in [1.54, 1.807) is 0 Å². The van der Waals surface area contributed by atoms with E-state index in [2.05, 4.69) is 19.2 Å². The molecule has 1 atom stereocenters. The Morgan fingerprint density at radius 3 is 2.61 bits per heavy atom. The summed E-state index contributed by atoms with van der Waals surface area (Å²) < 4.78 is 0. The highest BCUT2D eigenvalue weighted by Gasteiger charge is 2.47. The molecule has 4 heteroatoms. The normalized spacial score (nSPS) is 25.9. The Bertz CT molecular complexity index is 473. The van der Waals surface area contributed by atoms with Crippen LogP contribution in [-0.2, 0) is 4.79 Å². The molecule has 0 aromatic heterocycles. The molecule has 0 heterocycles. The first-order chi connectivity index (χ1) is 8.33. The van der Waals surface area contributed by atoms with Gasteiger partial charge in [-0.1, -0.05) is 31.5 Å². The number of nitrogens with two attached hydrogens (primary N) is 1. The van der Waals surface area contributed by atoms with Gasteiger partial charge in [0, 0.05) is 10.7 Å². The summed E-state index contributed by atoms with van der Waals surface area (Å²) in [5, 5.41) is 3.94. The number of rotatable bonds is 3. The highest BCUT2D eigenvalue weighted by atomic mass is 35.5. The minimum absolute atomic E-state index is 0.139. The molecule has 1 saturated carbocycles. The SMILES string of the molecule is CC1(C)CCC(Nc2cccc(Cl)c2)(C(N)=O)C1. The molecule has 3 N–H and O–H groups in total. The van der Waals surface area contributed by atoms with Gasteiger partial charge in [-0.25, -0.2) is 0 Å². The van der Waals surface area contributed by atoms with E-state index < -0.39 is 5.54 Å². The zero-order valence-electron chi connectivity index (χ0n) is 10.8. The number of carbonyl (C=O) groups is 1. The van der Waals surface area contributed by atoms with Crippen LogP contribution in [0.4, 0.5) is 5.69 Å². The first-order valence-corrected chi connectivity index (χ1v) is 6.55. The lowest BCUT2D eigenvalue weighted by atomic mass is 9.87. The summed E-state index contributed by atoms with van der Waals surface area (Å²) in [6.45, 7) is 4.33. The molecule has 1 aromatic carbocycles. The van der Waals surface area contributed by atoms with E-state index in [9.17, 15) is 4.79 Å². The van der Waals surface area contributed by atoms with Crippen LogP contribution in [0.15, 0.2) is 24.3 Å². The number of hydrogen-bond acceptors (Lipinski definition) is 2. The van der Waals surface area contributed by atoms with Crippen LogP contribution in [-0.4, -0.2) is 11.4 Å². The number of carbonyl (C=O) groups excluding carboxylic acids is 1. The fourth-order valence-corrected chi connectivity index (χ4v) is 2.96. The zero-order chi connectivity index (χ0) is 13.4. The number of primary amides is 1. The Morgan fingerprint density at radius 1 is 1.39 bits per heavy atom. The number of halogens is 1. The minimum atomic E-state index is -0.645. The molecule has 1 aliphatic carbocycles. The molecule has 98 valence electrons. The average molecular weight is 267 g/mol. The Hall–Kier alpha value is -1.22. The first kappa shape index (κ1) is 13.2. The van der Waals surface area contributed by atoms with E-state index in [1.165, 1.54) is 0 Å². The van der Waals surface area contributed by atoms with Gasteiger partial charge in [-0.05, 0) is 42.9 Å². The molecular formula is C14H19ClN2O. The van der Waals surface area contributed by atoms with Gasteiger partial charge in [-0.15, -0.1) is 0 Å². The van der Waals surface area contributed by atoms with E-state index in [0.29, 0.717) is 5.02 Å². The van der Waals surface area contributed by atoms with Gasteiger partial charge >= 0.3 is 0 Å². The van der Waals surface area contributed by atoms with Gasteiger partial charge in [-0.3, -0.25) is 4.79 Å². The molecule has 0 saturated heterocycles. The summed E-state index contributed by atoms with van der Waals surface area (Å²) in [5.74, 6) is -0.284. The smallest absolute Gasteiger partial charge is 0.243 e. The molecule has 1 fully saturated rings. The summed E-state index contributed by atoms with van der Waals surface area (Å²) in [6, 6.07) is 7.39. The lowest BCUT2D eigenvalue weighted by molar-refractivity contribution is -0.122. The van der Waals surface area contributed by atoms with E-state index in [1.807, 2.05) is 24.3 Å². The summed E-state index contributed by atoms with van der Waals surface area (Å²) in [5.41, 5.74) is 5.95. The molecule has 1 amide bonds. The molecule has 1 unspecified atom stereocenters. The number of nitrogens with one attached hydrogen (secondary N) is 1. The fourth-order valence-electron chi connectivity index (χ4n) is 2.77. The molecular weight excluding hydrogens is 248 g/mol. The van der Waals surface area contributed by atoms with Crippen molar-refractivity contribution < 1.29 is 4.79 Å². The summed E-state index contributed by atoms with van der Waals surface area (Å²) >= 11 is 5.96. The van der Waals surface area contributed by atoms with Crippen LogP contribution < -0.4 is 11.1 Å². The van der Waals surface area contributed by atoms with Crippen molar-refractivity contribution in [2.75, 3.05) is 5.32 Å². The van der Waals surface area contributed by atoms with E-state index in [-0.39, 0.29) is 11.3 Å². The predicted octanol–water partition coefficient (Wildman–Crippen LogP) is 3.19. The second-order valence-corrected chi connectivity index (χ2v) is 6.36. The summed E-state index contributed by atoms with van der Waals surface area (Å²) in [6.07, 6.45) is 2.51. The van der Waals surface area contributed by atoms with Gasteiger partial charge in [0.2, 0.25) is 5.91 Å². The van der Waals surface area contributed by atoms with Crippen molar-refractivity contribution in [2.24, 2.45) is 11.1 Å². The molecule has 0 aliphatic heterocycles. The number of hydrogen-bond donors (Lipinski definition) is 2. The lowest BCUT2D eigenvalue weighted by Gasteiger charge is -2.30. The van der Waals surface area contributed by atoms with E-state index >= 15 is 0 Å². The van der Waals surface area contributed by atoms with E-state index in [4.69, 9.17) is 17.3 Å². The molecule has 3 nitrogen and oxygen atoms in total. The fraction of sp³-hybridized carbons (Fsp3) is 0.500. The topological polar surface area (TPSA) is 55.1 Å². The van der Waals surface area contributed by atoms with Crippen LogP contribution in [0.25, 0.3) is 0 Å². The van der Waals surface area contributed by atoms with Crippen molar-refractivity contribution in [1.82, 2.24) is 0 Å². The van der Waals surface area contributed by atoms with Crippen molar-refractivity contribution in [3.63, 3.8) is 0 Å². The molecule has 1 aromatic rings. The Kier molecular flexibility index (Phi) is 3.28. The Balaban J connectivity index is 2.26. The van der Waals surface area contributed by atoms with Crippen molar-refractivity contribution in [2.45, 2.75) is 38.6 Å². The van der Waals surface area contributed by atoms with Crippen LogP contribution in [0, 0.1) is 5.41 Å². The molecule has 2 rings (SSSR count). The Morgan fingerprint density at radius 2 is 2.11 bits per heavy atom.